The molecule has 1 aromatic rings. The van der Waals surface area contributed by atoms with Gasteiger partial charge >= 0.3 is 5.97 Å². The summed E-state index contributed by atoms with van der Waals surface area (Å²) in [6, 6.07) is 3.47. The zero-order valence-electron chi connectivity index (χ0n) is 11.8. The first kappa shape index (κ1) is 15.8. The molecule has 0 bridgehead atoms. The van der Waals surface area contributed by atoms with Gasteiger partial charge in [-0.3, -0.25) is 4.79 Å². The number of hydrogen-bond donors (Lipinski definition) is 2. The van der Waals surface area contributed by atoms with Gasteiger partial charge in [-0.1, -0.05) is 12.1 Å². The van der Waals surface area contributed by atoms with E-state index in [2.05, 4.69) is 11.2 Å². The second-order valence-electron chi connectivity index (χ2n) is 4.67. The Morgan fingerprint density at radius 2 is 1.80 bits per heavy atom. The first-order valence-electron chi connectivity index (χ1n) is 6.54. The summed E-state index contributed by atoms with van der Waals surface area (Å²) in [6.45, 7) is 3.92. The number of aryl methyl sites for hydroxylation is 2. The molecule has 0 radical (unpaired) electrons. The number of unbranched alkanes of at least 4 members (excludes halogenated alkanes) is 2. The Kier molecular flexibility index (Phi) is 5.79. The second-order valence-corrected chi connectivity index (χ2v) is 4.67. The van der Waals surface area contributed by atoms with Gasteiger partial charge in [0.1, 0.15) is 0 Å². The van der Waals surface area contributed by atoms with Gasteiger partial charge in [0, 0.05) is 13.0 Å². The van der Waals surface area contributed by atoms with Crippen molar-refractivity contribution in [1.29, 1.82) is 0 Å². The Morgan fingerprint density at radius 1 is 1.20 bits per heavy atom. The standard InChI is InChI=1S/C16H19NO3/c1-4-5-6-7-10-17-15(18)13-11(2)8-9-12(3)14(13)16(19)20/h1,8-9H,5-7,10H2,2-3H3,(H,17,18)(H,19,20). The zero-order valence-corrected chi connectivity index (χ0v) is 11.8. The summed E-state index contributed by atoms with van der Waals surface area (Å²) in [5, 5.41) is 12.0. The third kappa shape index (κ3) is 3.86. The molecule has 0 heterocycles. The molecule has 0 aliphatic rings. The van der Waals surface area contributed by atoms with Gasteiger partial charge in [0.05, 0.1) is 11.1 Å². The summed E-state index contributed by atoms with van der Waals surface area (Å²) in [5.41, 5.74) is 1.57. The van der Waals surface area contributed by atoms with E-state index in [1.54, 1.807) is 26.0 Å². The van der Waals surface area contributed by atoms with Crippen LogP contribution in [0.4, 0.5) is 0 Å². The maximum absolute atomic E-state index is 12.2. The van der Waals surface area contributed by atoms with Gasteiger partial charge in [-0.15, -0.1) is 12.3 Å². The molecule has 0 saturated carbocycles. The van der Waals surface area contributed by atoms with Crippen molar-refractivity contribution in [3.05, 3.63) is 34.4 Å². The maximum Gasteiger partial charge on any atom is 0.336 e. The van der Waals surface area contributed by atoms with Gasteiger partial charge in [0.15, 0.2) is 0 Å². The summed E-state index contributed by atoms with van der Waals surface area (Å²) < 4.78 is 0. The van der Waals surface area contributed by atoms with Crippen molar-refractivity contribution in [2.24, 2.45) is 0 Å². The monoisotopic (exact) mass is 273 g/mol. The molecule has 0 atom stereocenters. The highest BCUT2D eigenvalue weighted by Crippen LogP contribution is 2.18. The van der Waals surface area contributed by atoms with Gasteiger partial charge in [0.2, 0.25) is 0 Å². The van der Waals surface area contributed by atoms with Crippen LogP contribution in [-0.4, -0.2) is 23.5 Å². The van der Waals surface area contributed by atoms with Gasteiger partial charge in [-0.2, -0.15) is 0 Å². The predicted molar refractivity (Wildman–Crippen MR) is 77.9 cm³/mol. The number of aromatic carboxylic acids is 1. The minimum Gasteiger partial charge on any atom is -0.478 e. The molecule has 0 aliphatic carbocycles. The normalized spacial score (nSPS) is 9.85. The molecule has 1 aromatic carbocycles. The van der Waals surface area contributed by atoms with Gasteiger partial charge < -0.3 is 10.4 Å². The minimum atomic E-state index is -1.08. The average Bonchev–Trinajstić information content (AvgIpc) is 2.40. The van der Waals surface area contributed by atoms with Crippen molar-refractivity contribution >= 4 is 11.9 Å². The van der Waals surface area contributed by atoms with Crippen molar-refractivity contribution < 1.29 is 14.7 Å². The number of carbonyl (C=O) groups is 2. The van der Waals surface area contributed by atoms with Crippen LogP contribution in [0, 0.1) is 26.2 Å². The smallest absolute Gasteiger partial charge is 0.336 e. The number of benzene rings is 1. The molecule has 1 rings (SSSR count). The van der Waals surface area contributed by atoms with Crippen molar-refractivity contribution in [2.75, 3.05) is 6.54 Å². The summed E-state index contributed by atoms with van der Waals surface area (Å²) in [7, 11) is 0. The number of amides is 1. The Hall–Kier alpha value is -2.28. The number of carboxylic acid groups (broad SMARTS) is 1. The van der Waals surface area contributed by atoms with Crippen LogP contribution in [0.2, 0.25) is 0 Å². The average molecular weight is 273 g/mol. The molecule has 106 valence electrons. The molecule has 0 spiro atoms. The fourth-order valence-corrected chi connectivity index (χ4v) is 2.02. The summed E-state index contributed by atoms with van der Waals surface area (Å²) in [6.07, 6.45) is 7.45. The number of terminal acetylenes is 1. The van der Waals surface area contributed by atoms with Crippen LogP contribution in [0.25, 0.3) is 0 Å². The lowest BCUT2D eigenvalue weighted by atomic mass is 9.96. The third-order valence-electron chi connectivity index (χ3n) is 3.10. The molecule has 4 heteroatoms. The van der Waals surface area contributed by atoms with Gasteiger partial charge in [0.25, 0.3) is 5.91 Å². The topological polar surface area (TPSA) is 66.4 Å². The second kappa shape index (κ2) is 7.34. The number of hydrogen-bond acceptors (Lipinski definition) is 2. The number of rotatable bonds is 6. The van der Waals surface area contributed by atoms with Crippen LogP contribution < -0.4 is 5.32 Å². The van der Waals surface area contributed by atoms with E-state index in [0.29, 0.717) is 24.1 Å². The number of carboxylic acids is 1. The molecule has 0 saturated heterocycles. The summed E-state index contributed by atoms with van der Waals surface area (Å²) >= 11 is 0. The quantitative estimate of drug-likeness (QED) is 0.618. The molecule has 2 N–H and O–H groups in total. The molecular formula is C16H19NO3. The fourth-order valence-electron chi connectivity index (χ4n) is 2.02. The van der Waals surface area contributed by atoms with E-state index in [4.69, 9.17) is 6.42 Å². The van der Waals surface area contributed by atoms with Crippen molar-refractivity contribution in [3.63, 3.8) is 0 Å². The van der Waals surface area contributed by atoms with Crippen LogP contribution in [0.5, 0.6) is 0 Å². The van der Waals surface area contributed by atoms with E-state index in [1.165, 1.54) is 0 Å². The van der Waals surface area contributed by atoms with Crippen LogP contribution >= 0.6 is 0 Å². The van der Waals surface area contributed by atoms with Crippen LogP contribution in [0.15, 0.2) is 12.1 Å². The van der Waals surface area contributed by atoms with Crippen molar-refractivity contribution in [2.45, 2.75) is 33.1 Å². The Bertz CT molecular complexity index is 556. The van der Waals surface area contributed by atoms with E-state index in [0.717, 1.165) is 12.8 Å². The highest BCUT2D eigenvalue weighted by molar-refractivity contribution is 6.06. The Morgan fingerprint density at radius 3 is 2.35 bits per heavy atom. The summed E-state index contributed by atoms with van der Waals surface area (Å²) in [5.74, 6) is 1.11. The highest BCUT2D eigenvalue weighted by atomic mass is 16.4. The van der Waals surface area contributed by atoms with E-state index < -0.39 is 5.97 Å². The lowest BCUT2D eigenvalue weighted by molar-refractivity contribution is 0.0690. The highest BCUT2D eigenvalue weighted by Gasteiger charge is 2.20. The third-order valence-corrected chi connectivity index (χ3v) is 3.10. The first-order valence-corrected chi connectivity index (χ1v) is 6.54. The first-order chi connectivity index (χ1) is 9.49. The zero-order chi connectivity index (χ0) is 15.1. The minimum absolute atomic E-state index is 0.0751. The molecule has 0 unspecified atom stereocenters. The molecule has 0 aliphatic heterocycles. The molecular weight excluding hydrogens is 254 g/mol. The molecule has 4 nitrogen and oxygen atoms in total. The fraction of sp³-hybridized carbons (Fsp3) is 0.375. The van der Waals surface area contributed by atoms with Crippen LogP contribution in [0.1, 0.15) is 51.1 Å². The van der Waals surface area contributed by atoms with Crippen LogP contribution in [-0.2, 0) is 0 Å². The predicted octanol–water partition coefficient (Wildman–Crippen LogP) is 2.53. The van der Waals surface area contributed by atoms with Gasteiger partial charge in [-0.25, -0.2) is 4.79 Å². The van der Waals surface area contributed by atoms with E-state index in [9.17, 15) is 14.7 Å². The van der Waals surface area contributed by atoms with E-state index in [-0.39, 0.29) is 17.0 Å². The molecule has 1 amide bonds. The van der Waals surface area contributed by atoms with Crippen LogP contribution in [0.3, 0.4) is 0 Å². The Labute approximate surface area is 119 Å². The SMILES string of the molecule is C#CCCCCNC(=O)c1c(C)ccc(C)c1C(=O)O. The number of nitrogens with one attached hydrogen (secondary N) is 1. The summed E-state index contributed by atoms with van der Waals surface area (Å²) in [4.78, 5) is 23.5. The van der Waals surface area contributed by atoms with Gasteiger partial charge in [-0.05, 0) is 37.8 Å². The lowest BCUT2D eigenvalue weighted by Gasteiger charge is -2.12. The van der Waals surface area contributed by atoms with Crippen molar-refractivity contribution in [1.82, 2.24) is 5.32 Å². The largest absolute Gasteiger partial charge is 0.478 e. The van der Waals surface area contributed by atoms with E-state index in [1.807, 2.05) is 0 Å². The molecule has 20 heavy (non-hydrogen) atoms. The van der Waals surface area contributed by atoms with Crippen molar-refractivity contribution in [3.8, 4) is 12.3 Å². The molecule has 0 aromatic heterocycles. The van der Waals surface area contributed by atoms with E-state index >= 15 is 0 Å². The lowest BCUT2D eigenvalue weighted by Crippen LogP contribution is -2.27. The number of carbonyl (C=O) groups excluding carboxylic acids is 1. The maximum atomic E-state index is 12.2. The molecule has 0 fully saturated rings. The Balaban J connectivity index is 2.85.